The molecule has 0 aliphatic carbocycles. The summed E-state index contributed by atoms with van der Waals surface area (Å²) in [6.45, 7) is 9.75. The van der Waals surface area contributed by atoms with Gasteiger partial charge in [-0.2, -0.15) is 0 Å². The summed E-state index contributed by atoms with van der Waals surface area (Å²) in [5.74, 6) is 1.69. The van der Waals surface area contributed by atoms with Crippen LogP contribution in [0.15, 0.2) is 24.3 Å². The minimum atomic E-state index is 0.651. The van der Waals surface area contributed by atoms with E-state index in [0.29, 0.717) is 5.92 Å². The second-order valence-corrected chi connectivity index (χ2v) is 5.43. The van der Waals surface area contributed by atoms with Crippen molar-refractivity contribution in [3.8, 4) is 5.75 Å². The summed E-state index contributed by atoms with van der Waals surface area (Å²) >= 11 is 0. The van der Waals surface area contributed by atoms with Crippen molar-refractivity contribution < 1.29 is 4.74 Å². The molecule has 2 rings (SSSR count). The van der Waals surface area contributed by atoms with Gasteiger partial charge in [0.25, 0.3) is 0 Å². The monoisotopic (exact) mass is 262 g/mol. The van der Waals surface area contributed by atoms with E-state index < -0.39 is 0 Å². The van der Waals surface area contributed by atoms with Gasteiger partial charge in [0.15, 0.2) is 0 Å². The zero-order chi connectivity index (χ0) is 13.5. The lowest BCUT2D eigenvalue weighted by atomic mass is 10.1. The molecule has 1 aliphatic heterocycles. The normalized spacial score (nSPS) is 16.4. The second-order valence-electron chi connectivity index (χ2n) is 5.43. The van der Waals surface area contributed by atoms with Crippen molar-refractivity contribution in [3.63, 3.8) is 0 Å². The molecular weight excluding hydrogens is 236 g/mol. The van der Waals surface area contributed by atoms with Crippen LogP contribution in [0.25, 0.3) is 0 Å². The van der Waals surface area contributed by atoms with Gasteiger partial charge in [-0.15, -0.1) is 0 Å². The van der Waals surface area contributed by atoms with Crippen LogP contribution in [0.3, 0.4) is 0 Å². The molecule has 0 aromatic heterocycles. The standard InChI is InChI=1S/C16H26N2O/c1-3-9-17-12-14(2)13-18-10-6-11-19-16-8-5-4-7-15(16)18/h4-5,7-8,14,17H,3,6,9-13H2,1-2H3. The van der Waals surface area contributed by atoms with Crippen LogP contribution in [0, 0.1) is 5.92 Å². The lowest BCUT2D eigenvalue weighted by Gasteiger charge is -2.27. The molecule has 0 bridgehead atoms. The van der Waals surface area contributed by atoms with E-state index in [1.165, 1.54) is 12.1 Å². The van der Waals surface area contributed by atoms with E-state index in [9.17, 15) is 0 Å². The number of fused-ring (bicyclic) bond motifs is 1. The highest BCUT2D eigenvalue weighted by Crippen LogP contribution is 2.30. The number of hydrogen-bond donors (Lipinski definition) is 1. The summed E-state index contributed by atoms with van der Waals surface area (Å²) in [5.41, 5.74) is 1.25. The molecule has 1 N–H and O–H groups in total. The maximum atomic E-state index is 5.80. The Morgan fingerprint density at radius 2 is 2.21 bits per heavy atom. The summed E-state index contributed by atoms with van der Waals surface area (Å²) in [6.07, 6.45) is 2.30. The largest absolute Gasteiger partial charge is 0.491 e. The zero-order valence-electron chi connectivity index (χ0n) is 12.2. The molecule has 1 heterocycles. The van der Waals surface area contributed by atoms with Gasteiger partial charge in [-0.3, -0.25) is 0 Å². The van der Waals surface area contributed by atoms with E-state index in [4.69, 9.17) is 4.74 Å². The number of benzene rings is 1. The van der Waals surface area contributed by atoms with Crippen molar-refractivity contribution in [3.05, 3.63) is 24.3 Å². The Balaban J connectivity index is 1.95. The summed E-state index contributed by atoms with van der Waals surface area (Å²) in [7, 11) is 0. The van der Waals surface area contributed by atoms with Crippen LogP contribution in [0.4, 0.5) is 5.69 Å². The quantitative estimate of drug-likeness (QED) is 0.798. The first kappa shape index (κ1) is 14.2. The Morgan fingerprint density at radius 1 is 1.37 bits per heavy atom. The van der Waals surface area contributed by atoms with Gasteiger partial charge in [-0.25, -0.2) is 0 Å². The Kier molecular flexibility index (Phi) is 5.52. The van der Waals surface area contributed by atoms with Crippen LogP contribution >= 0.6 is 0 Å². The van der Waals surface area contributed by atoms with Gasteiger partial charge in [0.1, 0.15) is 5.75 Å². The minimum absolute atomic E-state index is 0.651. The predicted octanol–water partition coefficient (Wildman–Crippen LogP) is 2.91. The van der Waals surface area contributed by atoms with Crippen molar-refractivity contribution in [1.82, 2.24) is 5.32 Å². The molecule has 0 saturated carbocycles. The van der Waals surface area contributed by atoms with E-state index >= 15 is 0 Å². The van der Waals surface area contributed by atoms with Gasteiger partial charge in [-0.1, -0.05) is 26.0 Å². The molecule has 1 atom stereocenters. The molecule has 0 fully saturated rings. The number of hydrogen-bond acceptors (Lipinski definition) is 3. The molecule has 1 aliphatic rings. The molecule has 1 unspecified atom stereocenters. The van der Waals surface area contributed by atoms with E-state index in [1.54, 1.807) is 0 Å². The fourth-order valence-electron chi connectivity index (χ4n) is 2.55. The van der Waals surface area contributed by atoms with Crippen molar-refractivity contribution in [2.45, 2.75) is 26.7 Å². The first-order valence-electron chi connectivity index (χ1n) is 7.48. The molecular formula is C16H26N2O. The first-order valence-corrected chi connectivity index (χ1v) is 7.48. The lowest BCUT2D eigenvalue weighted by molar-refractivity contribution is 0.322. The summed E-state index contributed by atoms with van der Waals surface area (Å²) in [4.78, 5) is 2.47. The SMILES string of the molecule is CCCNCC(C)CN1CCCOc2ccccc21. The molecule has 0 spiro atoms. The number of para-hydroxylation sites is 2. The molecule has 3 nitrogen and oxygen atoms in total. The minimum Gasteiger partial charge on any atom is -0.491 e. The fraction of sp³-hybridized carbons (Fsp3) is 0.625. The molecule has 1 aromatic carbocycles. The highest BCUT2D eigenvalue weighted by molar-refractivity contribution is 5.58. The first-order chi connectivity index (χ1) is 9.31. The van der Waals surface area contributed by atoms with Gasteiger partial charge >= 0.3 is 0 Å². The molecule has 1 aromatic rings. The number of nitrogens with one attached hydrogen (secondary N) is 1. The maximum absolute atomic E-state index is 5.80. The van der Waals surface area contributed by atoms with Crippen molar-refractivity contribution in [1.29, 1.82) is 0 Å². The van der Waals surface area contributed by atoms with E-state index in [-0.39, 0.29) is 0 Å². The summed E-state index contributed by atoms with van der Waals surface area (Å²) < 4.78 is 5.80. The Bertz CT molecular complexity index is 381. The Labute approximate surface area is 116 Å². The van der Waals surface area contributed by atoms with Crippen LogP contribution in [-0.4, -0.2) is 32.8 Å². The van der Waals surface area contributed by atoms with Crippen LogP contribution < -0.4 is 15.0 Å². The van der Waals surface area contributed by atoms with Crippen molar-refractivity contribution in [2.75, 3.05) is 37.7 Å². The average molecular weight is 262 g/mol. The highest BCUT2D eigenvalue weighted by atomic mass is 16.5. The Hall–Kier alpha value is -1.22. The van der Waals surface area contributed by atoms with Crippen LogP contribution in [0.5, 0.6) is 5.75 Å². The van der Waals surface area contributed by atoms with Crippen LogP contribution in [-0.2, 0) is 0 Å². The topological polar surface area (TPSA) is 24.5 Å². The molecule has 19 heavy (non-hydrogen) atoms. The van der Waals surface area contributed by atoms with Gasteiger partial charge in [0, 0.05) is 13.1 Å². The van der Waals surface area contributed by atoms with Gasteiger partial charge in [-0.05, 0) is 44.0 Å². The number of rotatable bonds is 6. The third-order valence-electron chi connectivity index (χ3n) is 3.49. The van der Waals surface area contributed by atoms with Crippen LogP contribution in [0.2, 0.25) is 0 Å². The third-order valence-corrected chi connectivity index (χ3v) is 3.49. The predicted molar refractivity (Wildman–Crippen MR) is 81.1 cm³/mol. The smallest absolute Gasteiger partial charge is 0.142 e. The van der Waals surface area contributed by atoms with Gasteiger partial charge in [0.2, 0.25) is 0 Å². The fourth-order valence-corrected chi connectivity index (χ4v) is 2.55. The van der Waals surface area contributed by atoms with Crippen molar-refractivity contribution in [2.24, 2.45) is 5.92 Å². The molecule has 0 radical (unpaired) electrons. The zero-order valence-corrected chi connectivity index (χ0v) is 12.2. The summed E-state index contributed by atoms with van der Waals surface area (Å²) in [6, 6.07) is 8.40. The maximum Gasteiger partial charge on any atom is 0.142 e. The van der Waals surface area contributed by atoms with E-state index in [1.807, 2.05) is 0 Å². The lowest BCUT2D eigenvalue weighted by Crippen LogP contribution is -2.34. The van der Waals surface area contributed by atoms with Gasteiger partial charge < -0.3 is 15.0 Å². The van der Waals surface area contributed by atoms with E-state index in [2.05, 4.69) is 48.3 Å². The number of ether oxygens (including phenoxy) is 1. The Morgan fingerprint density at radius 3 is 3.05 bits per heavy atom. The highest BCUT2D eigenvalue weighted by Gasteiger charge is 2.17. The van der Waals surface area contributed by atoms with Crippen molar-refractivity contribution >= 4 is 5.69 Å². The number of nitrogens with zero attached hydrogens (tertiary/aromatic N) is 1. The average Bonchev–Trinajstić information content (AvgIpc) is 2.62. The van der Waals surface area contributed by atoms with Crippen LogP contribution in [0.1, 0.15) is 26.7 Å². The molecule has 106 valence electrons. The molecule has 0 amide bonds. The van der Waals surface area contributed by atoms with Gasteiger partial charge in [0.05, 0.1) is 12.3 Å². The molecule has 3 heteroatoms. The number of anilines is 1. The second kappa shape index (κ2) is 7.39. The molecule has 0 saturated heterocycles. The van der Waals surface area contributed by atoms with E-state index in [0.717, 1.165) is 45.0 Å². The summed E-state index contributed by atoms with van der Waals surface area (Å²) in [5, 5.41) is 3.51. The third kappa shape index (κ3) is 4.13.